The highest BCUT2D eigenvalue weighted by Crippen LogP contribution is 2.32. The number of carbonyl (C=O) groups excluding carboxylic acids is 3. The third-order valence-electron chi connectivity index (χ3n) is 4.14. The molecule has 0 aliphatic carbocycles. The molecular formula is C19H24N2O6. The summed E-state index contributed by atoms with van der Waals surface area (Å²) in [5.41, 5.74) is 0.590. The van der Waals surface area contributed by atoms with Gasteiger partial charge in [0.25, 0.3) is 5.91 Å². The van der Waals surface area contributed by atoms with Crippen LogP contribution in [0.1, 0.15) is 31.4 Å². The van der Waals surface area contributed by atoms with Crippen LogP contribution in [0.4, 0.5) is 4.79 Å². The van der Waals surface area contributed by atoms with Gasteiger partial charge in [-0.25, -0.2) is 9.59 Å². The van der Waals surface area contributed by atoms with E-state index in [0.29, 0.717) is 17.1 Å². The molecule has 1 fully saturated rings. The molecule has 1 unspecified atom stereocenters. The highest BCUT2D eigenvalue weighted by atomic mass is 16.5. The van der Waals surface area contributed by atoms with Crippen molar-refractivity contribution in [1.29, 1.82) is 0 Å². The number of amides is 3. The smallest absolute Gasteiger partial charge is 0.335 e. The molecule has 1 aromatic rings. The van der Waals surface area contributed by atoms with E-state index in [-0.39, 0.29) is 18.7 Å². The van der Waals surface area contributed by atoms with Gasteiger partial charge in [-0.3, -0.25) is 9.69 Å². The number of nitrogens with zero attached hydrogens (tertiary/aromatic N) is 1. The second-order valence-corrected chi connectivity index (χ2v) is 6.01. The molecule has 0 radical (unpaired) electrons. The van der Waals surface area contributed by atoms with Crippen molar-refractivity contribution in [2.75, 3.05) is 27.4 Å². The summed E-state index contributed by atoms with van der Waals surface area (Å²) < 4.78 is 15.5. The van der Waals surface area contributed by atoms with Crippen molar-refractivity contribution in [3.05, 3.63) is 35.9 Å². The van der Waals surface area contributed by atoms with Crippen molar-refractivity contribution in [2.24, 2.45) is 0 Å². The largest absolute Gasteiger partial charge is 0.493 e. The number of hydrogen-bond donors (Lipinski definition) is 1. The Balaban J connectivity index is 2.08. The standard InChI is InChI=1S/C19H24N2O6/c1-5-6-9-27-18(23)12(2)11-21-17(22)16(20-19(21)24)13-7-8-14(25-3)15(10-13)26-4/h7-8,10,16H,2,5-6,9,11H2,1,3-4H3,(H,20,24). The number of imide groups is 1. The van der Waals surface area contributed by atoms with Gasteiger partial charge in [-0.2, -0.15) is 0 Å². The van der Waals surface area contributed by atoms with Gasteiger partial charge in [0, 0.05) is 5.57 Å². The summed E-state index contributed by atoms with van der Waals surface area (Å²) in [6, 6.07) is 3.48. The Hall–Kier alpha value is -3.03. The highest BCUT2D eigenvalue weighted by Gasteiger charge is 2.40. The Labute approximate surface area is 158 Å². The average molecular weight is 376 g/mol. The Morgan fingerprint density at radius 1 is 1.22 bits per heavy atom. The molecule has 146 valence electrons. The molecule has 2 rings (SSSR count). The maximum atomic E-state index is 12.7. The Kier molecular flexibility index (Phi) is 6.81. The Bertz CT molecular complexity index is 746. The van der Waals surface area contributed by atoms with Gasteiger partial charge < -0.3 is 19.5 Å². The third kappa shape index (κ3) is 4.58. The zero-order valence-corrected chi connectivity index (χ0v) is 15.7. The van der Waals surface area contributed by atoms with Crippen LogP contribution < -0.4 is 14.8 Å². The van der Waals surface area contributed by atoms with Crippen molar-refractivity contribution < 1.29 is 28.6 Å². The number of methoxy groups -OCH3 is 2. The Morgan fingerprint density at radius 2 is 1.93 bits per heavy atom. The van der Waals surface area contributed by atoms with Gasteiger partial charge in [-0.1, -0.05) is 26.0 Å². The molecule has 3 amide bonds. The predicted octanol–water partition coefficient (Wildman–Crippen LogP) is 2.20. The molecule has 8 heteroatoms. The van der Waals surface area contributed by atoms with Crippen LogP contribution in [0.15, 0.2) is 30.4 Å². The fraction of sp³-hybridized carbons (Fsp3) is 0.421. The summed E-state index contributed by atoms with van der Waals surface area (Å²) in [5, 5.41) is 2.60. The van der Waals surface area contributed by atoms with E-state index in [1.807, 2.05) is 6.92 Å². The first-order valence-electron chi connectivity index (χ1n) is 8.61. The average Bonchev–Trinajstić information content (AvgIpc) is 2.95. The van der Waals surface area contributed by atoms with Crippen LogP contribution in [-0.4, -0.2) is 50.2 Å². The number of esters is 1. The van der Waals surface area contributed by atoms with Crippen molar-refractivity contribution in [3.8, 4) is 11.5 Å². The van der Waals surface area contributed by atoms with Gasteiger partial charge in [-0.15, -0.1) is 0 Å². The lowest BCUT2D eigenvalue weighted by molar-refractivity contribution is -0.139. The molecule has 1 N–H and O–H groups in total. The topological polar surface area (TPSA) is 94.2 Å². The molecule has 1 aromatic carbocycles. The lowest BCUT2D eigenvalue weighted by Gasteiger charge is -2.15. The van der Waals surface area contributed by atoms with Crippen LogP contribution in [0.2, 0.25) is 0 Å². The maximum absolute atomic E-state index is 12.7. The number of nitrogens with one attached hydrogen (secondary N) is 1. The van der Waals surface area contributed by atoms with E-state index >= 15 is 0 Å². The quantitative estimate of drug-likeness (QED) is 0.307. The van der Waals surface area contributed by atoms with Crippen LogP contribution in [0.5, 0.6) is 11.5 Å². The molecule has 1 heterocycles. The Morgan fingerprint density at radius 3 is 2.56 bits per heavy atom. The minimum Gasteiger partial charge on any atom is -0.493 e. The molecule has 1 atom stereocenters. The van der Waals surface area contributed by atoms with E-state index in [9.17, 15) is 14.4 Å². The molecular weight excluding hydrogens is 352 g/mol. The SMILES string of the molecule is C=C(CN1C(=O)NC(c2ccc(OC)c(OC)c2)C1=O)C(=O)OCCCC. The fourth-order valence-corrected chi connectivity index (χ4v) is 2.59. The summed E-state index contributed by atoms with van der Waals surface area (Å²) in [6.07, 6.45) is 1.63. The number of hydrogen-bond acceptors (Lipinski definition) is 6. The summed E-state index contributed by atoms with van der Waals surface area (Å²) in [4.78, 5) is 37.7. The lowest BCUT2D eigenvalue weighted by Crippen LogP contribution is -2.34. The van der Waals surface area contributed by atoms with E-state index in [1.54, 1.807) is 18.2 Å². The van der Waals surface area contributed by atoms with Gasteiger partial charge >= 0.3 is 12.0 Å². The van der Waals surface area contributed by atoms with Gasteiger partial charge in [0.1, 0.15) is 6.04 Å². The molecule has 0 aromatic heterocycles. The summed E-state index contributed by atoms with van der Waals surface area (Å²) in [7, 11) is 2.99. The van der Waals surface area contributed by atoms with Crippen LogP contribution in [0, 0.1) is 0 Å². The highest BCUT2D eigenvalue weighted by molar-refractivity contribution is 6.05. The van der Waals surface area contributed by atoms with Gasteiger partial charge in [0.15, 0.2) is 11.5 Å². The molecule has 0 spiro atoms. The maximum Gasteiger partial charge on any atom is 0.335 e. The van der Waals surface area contributed by atoms with Crippen molar-refractivity contribution in [1.82, 2.24) is 10.2 Å². The zero-order chi connectivity index (χ0) is 20.0. The van der Waals surface area contributed by atoms with E-state index in [4.69, 9.17) is 14.2 Å². The summed E-state index contributed by atoms with van der Waals surface area (Å²) >= 11 is 0. The second-order valence-electron chi connectivity index (χ2n) is 6.01. The molecule has 1 saturated heterocycles. The second kappa shape index (κ2) is 9.07. The van der Waals surface area contributed by atoms with Crippen LogP contribution in [0.3, 0.4) is 0 Å². The first-order chi connectivity index (χ1) is 12.9. The van der Waals surface area contributed by atoms with Crippen molar-refractivity contribution in [2.45, 2.75) is 25.8 Å². The van der Waals surface area contributed by atoms with Gasteiger partial charge in [0.2, 0.25) is 0 Å². The van der Waals surface area contributed by atoms with E-state index in [0.717, 1.165) is 17.7 Å². The number of benzene rings is 1. The minimum atomic E-state index is -0.874. The monoisotopic (exact) mass is 376 g/mol. The van der Waals surface area contributed by atoms with E-state index in [1.165, 1.54) is 14.2 Å². The number of unbranched alkanes of at least 4 members (excludes halogenated alkanes) is 1. The van der Waals surface area contributed by atoms with Crippen LogP contribution >= 0.6 is 0 Å². The molecule has 27 heavy (non-hydrogen) atoms. The van der Waals surface area contributed by atoms with Crippen molar-refractivity contribution >= 4 is 17.9 Å². The van der Waals surface area contributed by atoms with Crippen molar-refractivity contribution in [3.63, 3.8) is 0 Å². The van der Waals surface area contributed by atoms with Crippen LogP contribution in [0.25, 0.3) is 0 Å². The van der Waals surface area contributed by atoms with E-state index < -0.39 is 23.9 Å². The number of ether oxygens (including phenoxy) is 3. The first kappa shape index (κ1) is 20.3. The first-order valence-corrected chi connectivity index (χ1v) is 8.61. The van der Waals surface area contributed by atoms with Crippen LogP contribution in [-0.2, 0) is 14.3 Å². The van der Waals surface area contributed by atoms with Gasteiger partial charge in [-0.05, 0) is 24.1 Å². The molecule has 0 bridgehead atoms. The summed E-state index contributed by atoms with van der Waals surface area (Å²) in [6.45, 7) is 5.66. The third-order valence-corrected chi connectivity index (χ3v) is 4.14. The predicted molar refractivity (Wildman–Crippen MR) is 97.5 cm³/mol. The molecule has 1 aliphatic heterocycles. The fourth-order valence-electron chi connectivity index (χ4n) is 2.59. The number of rotatable bonds is 9. The number of urea groups is 1. The number of carbonyl (C=O) groups is 3. The molecule has 8 nitrogen and oxygen atoms in total. The summed E-state index contributed by atoms with van der Waals surface area (Å²) in [5.74, 6) is -0.133. The van der Waals surface area contributed by atoms with E-state index in [2.05, 4.69) is 11.9 Å². The molecule has 0 saturated carbocycles. The minimum absolute atomic E-state index is 0.0440. The van der Waals surface area contributed by atoms with Gasteiger partial charge in [0.05, 0.1) is 27.4 Å². The zero-order valence-electron chi connectivity index (χ0n) is 15.7. The normalized spacial score (nSPS) is 16.1. The lowest BCUT2D eigenvalue weighted by atomic mass is 10.1. The molecule has 1 aliphatic rings.